The fourth-order valence-corrected chi connectivity index (χ4v) is 1.31. The molecule has 1 rings (SSSR count). The van der Waals surface area contributed by atoms with Crippen molar-refractivity contribution in [2.75, 3.05) is 0 Å². The maximum atomic E-state index is 2.29. The Hall–Kier alpha value is 0. The lowest BCUT2D eigenvalue weighted by molar-refractivity contribution is 0.663. The molecule has 10 heavy (non-hydrogen) atoms. The summed E-state index contributed by atoms with van der Waals surface area (Å²) < 4.78 is 0. The predicted molar refractivity (Wildman–Crippen MR) is 48.1 cm³/mol. The van der Waals surface area contributed by atoms with E-state index in [1.807, 2.05) is 0 Å². The summed E-state index contributed by atoms with van der Waals surface area (Å²) in [5.41, 5.74) is 0. The minimum Gasteiger partial charge on any atom is -0.0656 e. The van der Waals surface area contributed by atoms with E-state index in [0.717, 1.165) is 11.8 Å². The molecule has 0 spiro atoms. The third-order valence-electron chi connectivity index (χ3n) is 2.12. The van der Waals surface area contributed by atoms with Crippen LogP contribution in [0.3, 0.4) is 0 Å². The van der Waals surface area contributed by atoms with Crippen LogP contribution in [0.2, 0.25) is 0 Å². The van der Waals surface area contributed by atoms with Gasteiger partial charge in [0.05, 0.1) is 0 Å². The lowest BCUT2D eigenvalue weighted by Gasteiger charge is -1.85. The van der Waals surface area contributed by atoms with Crippen molar-refractivity contribution in [3.63, 3.8) is 0 Å². The van der Waals surface area contributed by atoms with Gasteiger partial charge in [-0.2, -0.15) is 0 Å². The summed E-state index contributed by atoms with van der Waals surface area (Å²) in [6.45, 7) is 8.83. The minimum absolute atomic E-state index is 1.12. The molecule has 0 radical (unpaired) electrons. The Morgan fingerprint density at radius 2 is 1.20 bits per heavy atom. The van der Waals surface area contributed by atoms with Gasteiger partial charge in [0.2, 0.25) is 0 Å². The highest BCUT2D eigenvalue weighted by Crippen LogP contribution is 2.42. The molecule has 0 heteroatoms. The summed E-state index contributed by atoms with van der Waals surface area (Å²) in [5, 5.41) is 0. The van der Waals surface area contributed by atoms with Crippen LogP contribution in [0.25, 0.3) is 0 Å². The summed E-state index contributed by atoms with van der Waals surface area (Å²) in [6.07, 6.45) is 5.60. The zero-order chi connectivity index (χ0) is 7.98. The molecule has 1 aliphatic rings. The Balaban J connectivity index is 0.000000236. The molecule has 1 saturated carbocycles. The lowest BCUT2D eigenvalue weighted by atomic mass is 10.2. The molecule has 62 valence electrons. The highest BCUT2D eigenvalue weighted by molar-refractivity contribution is 4.83. The van der Waals surface area contributed by atoms with E-state index in [1.54, 1.807) is 0 Å². The second-order valence-corrected chi connectivity index (χ2v) is 3.28. The summed E-state index contributed by atoms with van der Waals surface area (Å²) >= 11 is 0. The second kappa shape index (κ2) is 5.76. The van der Waals surface area contributed by atoms with Gasteiger partial charge in [-0.05, 0) is 18.3 Å². The van der Waals surface area contributed by atoms with Crippen molar-refractivity contribution in [3.8, 4) is 0 Å². The van der Waals surface area contributed by atoms with Gasteiger partial charge < -0.3 is 0 Å². The molecule has 0 aliphatic heterocycles. The number of hydrogen-bond acceptors (Lipinski definition) is 0. The molecule has 0 aromatic rings. The quantitative estimate of drug-likeness (QED) is 0.549. The average molecular weight is 142 g/mol. The van der Waals surface area contributed by atoms with Crippen LogP contribution in [0.15, 0.2) is 0 Å². The van der Waals surface area contributed by atoms with Gasteiger partial charge in [-0.15, -0.1) is 0 Å². The highest BCUT2D eigenvalue weighted by atomic mass is 14.4. The summed E-state index contributed by atoms with van der Waals surface area (Å²) in [5.74, 6) is 2.23. The van der Waals surface area contributed by atoms with Gasteiger partial charge in [0.1, 0.15) is 0 Å². The van der Waals surface area contributed by atoms with Gasteiger partial charge in [0.25, 0.3) is 0 Å². The minimum atomic E-state index is 1.12. The Kier molecular flexibility index (Phi) is 5.76. The molecule has 0 heterocycles. The van der Waals surface area contributed by atoms with E-state index in [9.17, 15) is 0 Å². The first kappa shape index (κ1) is 10.0. The monoisotopic (exact) mass is 142 g/mol. The molecule has 0 nitrogen and oxygen atoms in total. The first-order valence-electron chi connectivity index (χ1n) is 4.79. The van der Waals surface area contributed by atoms with Crippen molar-refractivity contribution in [2.45, 2.75) is 53.4 Å². The van der Waals surface area contributed by atoms with E-state index < -0.39 is 0 Å². The Morgan fingerprint density at radius 1 is 0.900 bits per heavy atom. The molecule has 0 saturated heterocycles. The van der Waals surface area contributed by atoms with Crippen LogP contribution in [-0.2, 0) is 0 Å². The van der Waals surface area contributed by atoms with Crippen molar-refractivity contribution in [1.82, 2.24) is 0 Å². The van der Waals surface area contributed by atoms with E-state index in [4.69, 9.17) is 0 Å². The molecule has 0 aromatic heterocycles. The maximum absolute atomic E-state index is 2.29. The smallest absolute Gasteiger partial charge is 0.0386 e. The van der Waals surface area contributed by atoms with Crippen molar-refractivity contribution in [2.24, 2.45) is 11.8 Å². The number of rotatable bonds is 2. The Morgan fingerprint density at radius 3 is 1.30 bits per heavy atom. The van der Waals surface area contributed by atoms with E-state index in [-0.39, 0.29) is 0 Å². The van der Waals surface area contributed by atoms with Gasteiger partial charge in [0.15, 0.2) is 0 Å². The Bertz CT molecular complexity index is 58.4. The first-order valence-corrected chi connectivity index (χ1v) is 4.79. The standard InChI is InChI=1S/C7H14.C3H8/c1-3-6-5-7(6)4-2;1-3-2/h6-7H,3-5H2,1-2H3;3H2,1-2H3. The van der Waals surface area contributed by atoms with E-state index in [2.05, 4.69) is 27.7 Å². The topological polar surface area (TPSA) is 0 Å². The Labute approximate surface area is 66.0 Å². The normalized spacial score (nSPS) is 28.8. The van der Waals surface area contributed by atoms with E-state index in [0.29, 0.717) is 0 Å². The average Bonchev–Trinajstić information content (AvgIpc) is 2.67. The van der Waals surface area contributed by atoms with Gasteiger partial charge in [-0.3, -0.25) is 0 Å². The molecule has 0 N–H and O–H groups in total. The molecule has 1 aliphatic carbocycles. The van der Waals surface area contributed by atoms with Crippen LogP contribution >= 0.6 is 0 Å². The SMILES string of the molecule is CCC.CCC1CC1CC. The van der Waals surface area contributed by atoms with Crippen molar-refractivity contribution in [1.29, 1.82) is 0 Å². The molecular weight excluding hydrogens is 120 g/mol. The van der Waals surface area contributed by atoms with Crippen molar-refractivity contribution in [3.05, 3.63) is 0 Å². The van der Waals surface area contributed by atoms with Crippen LogP contribution in [0.4, 0.5) is 0 Å². The van der Waals surface area contributed by atoms with Crippen LogP contribution < -0.4 is 0 Å². The fourth-order valence-electron chi connectivity index (χ4n) is 1.31. The van der Waals surface area contributed by atoms with Crippen LogP contribution in [0.1, 0.15) is 53.4 Å². The molecule has 1 fully saturated rings. The molecular formula is C10H22. The second-order valence-electron chi connectivity index (χ2n) is 3.28. The van der Waals surface area contributed by atoms with Crippen LogP contribution in [0, 0.1) is 11.8 Å². The van der Waals surface area contributed by atoms with Crippen molar-refractivity contribution >= 4 is 0 Å². The molecule has 0 bridgehead atoms. The zero-order valence-electron chi connectivity index (χ0n) is 7.98. The molecule has 0 aromatic carbocycles. The summed E-state index contributed by atoms with van der Waals surface area (Å²) in [7, 11) is 0. The van der Waals surface area contributed by atoms with Gasteiger partial charge in [-0.1, -0.05) is 47.0 Å². The van der Waals surface area contributed by atoms with Gasteiger partial charge in [0, 0.05) is 0 Å². The third-order valence-corrected chi connectivity index (χ3v) is 2.12. The van der Waals surface area contributed by atoms with E-state index >= 15 is 0 Å². The number of hydrogen-bond donors (Lipinski definition) is 0. The molecule has 0 amide bonds. The summed E-state index contributed by atoms with van der Waals surface area (Å²) in [6, 6.07) is 0. The predicted octanol–water partition coefficient (Wildman–Crippen LogP) is 3.86. The first-order chi connectivity index (χ1) is 4.79. The fraction of sp³-hybridized carbons (Fsp3) is 1.00. The van der Waals surface area contributed by atoms with Gasteiger partial charge in [-0.25, -0.2) is 0 Å². The van der Waals surface area contributed by atoms with Crippen molar-refractivity contribution < 1.29 is 0 Å². The maximum Gasteiger partial charge on any atom is -0.0386 e. The molecule has 2 unspecified atom stereocenters. The zero-order valence-corrected chi connectivity index (χ0v) is 7.98. The van der Waals surface area contributed by atoms with E-state index in [1.165, 1.54) is 25.7 Å². The largest absolute Gasteiger partial charge is 0.0656 e. The molecule has 2 atom stereocenters. The highest BCUT2D eigenvalue weighted by Gasteiger charge is 2.32. The third kappa shape index (κ3) is 3.92. The van der Waals surface area contributed by atoms with Gasteiger partial charge >= 0.3 is 0 Å². The van der Waals surface area contributed by atoms with Crippen LogP contribution in [0.5, 0.6) is 0 Å². The van der Waals surface area contributed by atoms with Crippen LogP contribution in [-0.4, -0.2) is 0 Å². The lowest BCUT2D eigenvalue weighted by Crippen LogP contribution is -1.74. The summed E-state index contributed by atoms with van der Waals surface area (Å²) in [4.78, 5) is 0.